The highest BCUT2D eigenvalue weighted by Gasteiger charge is 2.14. The average Bonchev–Trinajstić information content (AvgIpc) is 2.77. The van der Waals surface area contributed by atoms with Crippen molar-refractivity contribution in [3.63, 3.8) is 0 Å². The van der Waals surface area contributed by atoms with E-state index >= 15 is 0 Å². The Kier molecular flexibility index (Phi) is 4.02. The summed E-state index contributed by atoms with van der Waals surface area (Å²) in [6.45, 7) is 0.343. The van der Waals surface area contributed by atoms with Crippen molar-refractivity contribution < 1.29 is 4.79 Å². The van der Waals surface area contributed by atoms with Gasteiger partial charge in [0, 0.05) is 25.1 Å². The third-order valence-electron chi connectivity index (χ3n) is 4.93. The number of aromatic nitrogens is 3. The van der Waals surface area contributed by atoms with Crippen molar-refractivity contribution in [1.82, 2.24) is 19.7 Å². The van der Waals surface area contributed by atoms with Gasteiger partial charge in [0.25, 0.3) is 11.5 Å². The second kappa shape index (κ2) is 6.83. The van der Waals surface area contributed by atoms with Gasteiger partial charge in [-0.25, -0.2) is 4.98 Å². The van der Waals surface area contributed by atoms with Crippen LogP contribution in [0.5, 0.6) is 0 Å². The topological polar surface area (TPSA) is 76.4 Å². The van der Waals surface area contributed by atoms with Gasteiger partial charge in [-0.15, -0.1) is 0 Å². The molecule has 29 heavy (non-hydrogen) atoms. The van der Waals surface area contributed by atoms with E-state index in [1.807, 2.05) is 48.5 Å². The van der Waals surface area contributed by atoms with Gasteiger partial charge in [0.15, 0.2) is 5.65 Å². The largest absolute Gasteiger partial charge is 0.348 e. The van der Waals surface area contributed by atoms with E-state index < -0.39 is 0 Å². The third kappa shape index (κ3) is 3.00. The number of carbonyl (C=O) groups excluding carboxylic acids is 1. The second-order valence-electron chi connectivity index (χ2n) is 6.79. The van der Waals surface area contributed by atoms with Crippen molar-refractivity contribution in [3.05, 3.63) is 101 Å². The van der Waals surface area contributed by atoms with Gasteiger partial charge >= 0.3 is 0 Å². The predicted molar refractivity (Wildman–Crippen MR) is 112 cm³/mol. The Labute approximate surface area is 165 Å². The molecule has 0 saturated heterocycles. The van der Waals surface area contributed by atoms with Crippen LogP contribution in [0.25, 0.3) is 27.3 Å². The summed E-state index contributed by atoms with van der Waals surface area (Å²) in [5, 5.41) is 5.36. The van der Waals surface area contributed by atoms with Crippen LogP contribution in [-0.4, -0.2) is 20.3 Å². The normalized spacial score (nSPS) is 11.2. The lowest BCUT2D eigenvalue weighted by atomic mass is 10.1. The number of amides is 1. The van der Waals surface area contributed by atoms with Gasteiger partial charge in [0.1, 0.15) is 0 Å². The smallest absolute Gasteiger partial charge is 0.265 e. The standard InChI is InChI=1S/C23H16N4O2/c28-22(25-14-15-5-3-9-24-13-15)18-8-4-10-27-21(18)26-20-12-17-7-2-1-6-16(17)11-19(20)23(27)29/h1-13H,14H2,(H,25,28). The van der Waals surface area contributed by atoms with Gasteiger partial charge in [-0.3, -0.25) is 19.0 Å². The fourth-order valence-corrected chi connectivity index (χ4v) is 3.47. The Morgan fingerprint density at radius 2 is 1.83 bits per heavy atom. The molecular formula is C23H16N4O2. The van der Waals surface area contributed by atoms with E-state index in [0.717, 1.165) is 16.3 Å². The van der Waals surface area contributed by atoms with Gasteiger partial charge in [0.05, 0.1) is 16.5 Å². The predicted octanol–water partition coefficient (Wildman–Crippen LogP) is 3.33. The molecule has 6 nitrogen and oxygen atoms in total. The maximum atomic E-state index is 13.1. The van der Waals surface area contributed by atoms with Gasteiger partial charge in [-0.1, -0.05) is 30.3 Å². The first kappa shape index (κ1) is 17.1. The summed E-state index contributed by atoms with van der Waals surface area (Å²) < 4.78 is 1.43. The Morgan fingerprint density at radius 1 is 1.00 bits per heavy atom. The van der Waals surface area contributed by atoms with E-state index in [1.54, 1.807) is 30.7 Å². The summed E-state index contributed by atoms with van der Waals surface area (Å²) in [4.78, 5) is 34.6. The molecule has 6 heteroatoms. The molecule has 1 N–H and O–H groups in total. The van der Waals surface area contributed by atoms with Crippen molar-refractivity contribution in [2.24, 2.45) is 0 Å². The Bertz CT molecular complexity index is 1440. The van der Waals surface area contributed by atoms with Crippen LogP contribution >= 0.6 is 0 Å². The van der Waals surface area contributed by atoms with E-state index in [1.165, 1.54) is 4.40 Å². The Morgan fingerprint density at radius 3 is 2.62 bits per heavy atom. The first-order valence-corrected chi connectivity index (χ1v) is 9.22. The number of fused-ring (bicyclic) bond motifs is 3. The number of hydrogen-bond acceptors (Lipinski definition) is 4. The fraction of sp³-hybridized carbons (Fsp3) is 0.0435. The maximum absolute atomic E-state index is 13.1. The molecule has 0 saturated carbocycles. The summed E-state index contributed by atoms with van der Waals surface area (Å²) in [6.07, 6.45) is 5.02. The highest BCUT2D eigenvalue weighted by molar-refractivity contribution is 6.02. The molecule has 0 aliphatic carbocycles. The zero-order valence-corrected chi connectivity index (χ0v) is 15.4. The van der Waals surface area contributed by atoms with Crippen LogP contribution in [0.4, 0.5) is 0 Å². The van der Waals surface area contributed by atoms with Crippen LogP contribution in [0.2, 0.25) is 0 Å². The molecule has 2 aromatic carbocycles. The second-order valence-corrected chi connectivity index (χ2v) is 6.79. The number of rotatable bonds is 3. The van der Waals surface area contributed by atoms with E-state index in [9.17, 15) is 9.59 Å². The molecule has 140 valence electrons. The molecule has 0 unspecified atom stereocenters. The number of benzene rings is 2. The number of pyridine rings is 2. The molecule has 3 aromatic heterocycles. The van der Waals surface area contributed by atoms with Crippen LogP contribution < -0.4 is 10.9 Å². The van der Waals surface area contributed by atoms with Crippen LogP contribution in [0.15, 0.2) is 84.0 Å². The van der Waals surface area contributed by atoms with Crippen LogP contribution in [-0.2, 0) is 6.54 Å². The maximum Gasteiger partial charge on any atom is 0.265 e. The van der Waals surface area contributed by atoms with Crippen LogP contribution in [0.3, 0.4) is 0 Å². The zero-order valence-electron chi connectivity index (χ0n) is 15.4. The van der Waals surface area contributed by atoms with Crippen molar-refractivity contribution in [2.75, 3.05) is 0 Å². The minimum Gasteiger partial charge on any atom is -0.348 e. The Hall–Kier alpha value is -4.06. The van der Waals surface area contributed by atoms with Crippen molar-refractivity contribution in [2.45, 2.75) is 6.54 Å². The van der Waals surface area contributed by atoms with Crippen molar-refractivity contribution in [3.8, 4) is 0 Å². The van der Waals surface area contributed by atoms with Gasteiger partial charge in [0.2, 0.25) is 0 Å². The van der Waals surface area contributed by atoms with Gasteiger partial charge in [-0.05, 0) is 46.7 Å². The van der Waals surface area contributed by atoms with E-state index in [2.05, 4.69) is 15.3 Å². The number of carbonyl (C=O) groups is 1. The quantitative estimate of drug-likeness (QED) is 0.487. The highest BCUT2D eigenvalue weighted by atomic mass is 16.1. The number of nitrogens with zero attached hydrogens (tertiary/aromatic N) is 3. The Balaban J connectivity index is 1.63. The molecule has 5 aromatic rings. The summed E-state index contributed by atoms with van der Waals surface area (Å²) in [5.41, 5.74) is 1.95. The van der Waals surface area contributed by atoms with E-state index in [-0.39, 0.29) is 11.5 Å². The molecule has 0 fully saturated rings. The zero-order chi connectivity index (χ0) is 19.8. The van der Waals surface area contributed by atoms with Crippen molar-refractivity contribution >= 4 is 33.2 Å². The first-order chi connectivity index (χ1) is 14.2. The van der Waals surface area contributed by atoms with Gasteiger partial charge in [-0.2, -0.15) is 0 Å². The molecule has 0 aliphatic heterocycles. The molecule has 3 heterocycles. The minimum atomic E-state index is -0.293. The third-order valence-corrected chi connectivity index (χ3v) is 4.93. The first-order valence-electron chi connectivity index (χ1n) is 9.22. The molecule has 1 amide bonds. The summed E-state index contributed by atoms with van der Waals surface area (Å²) in [5.74, 6) is -0.293. The summed E-state index contributed by atoms with van der Waals surface area (Å²) in [7, 11) is 0. The summed E-state index contributed by atoms with van der Waals surface area (Å²) in [6, 6.07) is 18.6. The minimum absolute atomic E-state index is 0.197. The lowest BCUT2D eigenvalue weighted by Crippen LogP contribution is -2.25. The lowest BCUT2D eigenvalue weighted by Gasteiger charge is -2.10. The molecule has 0 radical (unpaired) electrons. The summed E-state index contributed by atoms with van der Waals surface area (Å²) >= 11 is 0. The SMILES string of the molecule is O=C(NCc1cccnc1)c1cccn2c(=O)c3cc4ccccc4cc3nc12. The molecular weight excluding hydrogens is 364 g/mol. The molecule has 0 spiro atoms. The van der Waals surface area contributed by atoms with Crippen LogP contribution in [0.1, 0.15) is 15.9 Å². The highest BCUT2D eigenvalue weighted by Crippen LogP contribution is 2.20. The van der Waals surface area contributed by atoms with E-state index in [0.29, 0.717) is 28.7 Å². The number of nitrogens with one attached hydrogen (secondary N) is 1. The fourth-order valence-electron chi connectivity index (χ4n) is 3.47. The monoisotopic (exact) mass is 380 g/mol. The lowest BCUT2D eigenvalue weighted by molar-refractivity contribution is 0.0952. The van der Waals surface area contributed by atoms with Crippen molar-refractivity contribution in [1.29, 1.82) is 0 Å². The number of hydrogen-bond donors (Lipinski definition) is 1. The van der Waals surface area contributed by atoms with Crippen LogP contribution in [0, 0.1) is 0 Å². The average molecular weight is 380 g/mol. The molecule has 0 aliphatic rings. The van der Waals surface area contributed by atoms with E-state index in [4.69, 9.17) is 0 Å². The van der Waals surface area contributed by atoms with Gasteiger partial charge < -0.3 is 5.32 Å². The molecule has 0 atom stereocenters. The molecule has 5 rings (SSSR count). The molecule has 0 bridgehead atoms.